The molecule has 3 amide bonds. The van der Waals surface area contributed by atoms with Crippen molar-refractivity contribution in [2.45, 2.75) is 32.1 Å². The van der Waals surface area contributed by atoms with Crippen LogP contribution in [0.25, 0.3) is 0 Å². The second-order valence-electron chi connectivity index (χ2n) is 7.36. The first kappa shape index (κ1) is 19.9. The van der Waals surface area contributed by atoms with Gasteiger partial charge in [-0.3, -0.25) is 19.2 Å². The Morgan fingerprint density at radius 2 is 1.75 bits per heavy atom. The number of amides is 3. The molecule has 1 saturated carbocycles. The molecule has 1 aromatic carbocycles. The molecule has 2 fully saturated rings. The van der Waals surface area contributed by atoms with Crippen molar-refractivity contribution >= 4 is 29.4 Å². The van der Waals surface area contributed by atoms with E-state index in [4.69, 9.17) is 5.11 Å². The third-order valence-electron chi connectivity index (χ3n) is 5.07. The van der Waals surface area contributed by atoms with Gasteiger partial charge in [0.25, 0.3) is 5.91 Å². The lowest BCUT2D eigenvalue weighted by atomic mass is 9.96. The summed E-state index contributed by atoms with van der Waals surface area (Å²) in [7, 11) is 0. The van der Waals surface area contributed by atoms with E-state index in [0.29, 0.717) is 17.8 Å². The highest BCUT2D eigenvalue weighted by atomic mass is 16.4. The SMILES string of the molecule is O=C(O)CCNC(=O)c1ccc(NC(=O)C2CCCN(C(=O)C3CC3)C2)cc1. The second kappa shape index (κ2) is 8.86. The van der Waals surface area contributed by atoms with E-state index in [1.165, 1.54) is 0 Å². The number of carboxylic acids is 1. The number of piperidine rings is 1. The van der Waals surface area contributed by atoms with Crippen molar-refractivity contribution in [3.8, 4) is 0 Å². The van der Waals surface area contributed by atoms with Gasteiger partial charge in [0.15, 0.2) is 0 Å². The second-order valence-corrected chi connectivity index (χ2v) is 7.36. The molecule has 0 bridgehead atoms. The topological polar surface area (TPSA) is 116 Å². The summed E-state index contributed by atoms with van der Waals surface area (Å²) in [6, 6.07) is 6.44. The Morgan fingerprint density at radius 3 is 2.39 bits per heavy atom. The Kier molecular flexibility index (Phi) is 6.28. The first-order chi connectivity index (χ1) is 13.4. The third-order valence-corrected chi connectivity index (χ3v) is 5.07. The van der Waals surface area contributed by atoms with Crippen LogP contribution >= 0.6 is 0 Å². The van der Waals surface area contributed by atoms with Gasteiger partial charge in [0, 0.05) is 36.8 Å². The van der Waals surface area contributed by atoms with E-state index in [9.17, 15) is 19.2 Å². The standard InChI is InChI=1S/C20H25N3O5/c24-17(25)9-10-21-18(26)13-5-7-16(8-6-13)22-19(27)15-2-1-11-23(12-15)20(28)14-3-4-14/h5-8,14-15H,1-4,9-12H2,(H,21,26)(H,22,27)(H,24,25). The van der Waals surface area contributed by atoms with Crippen LogP contribution in [0.1, 0.15) is 42.5 Å². The number of carbonyl (C=O) groups is 4. The number of anilines is 1. The van der Waals surface area contributed by atoms with Gasteiger partial charge < -0.3 is 20.6 Å². The van der Waals surface area contributed by atoms with Crippen LogP contribution in [0.3, 0.4) is 0 Å². The van der Waals surface area contributed by atoms with Gasteiger partial charge in [-0.1, -0.05) is 0 Å². The van der Waals surface area contributed by atoms with Crippen LogP contribution in [0, 0.1) is 11.8 Å². The molecule has 1 aliphatic carbocycles. The zero-order valence-corrected chi connectivity index (χ0v) is 15.6. The van der Waals surface area contributed by atoms with Crippen LogP contribution in [0.15, 0.2) is 24.3 Å². The summed E-state index contributed by atoms with van der Waals surface area (Å²) in [5.74, 6) is -1.34. The zero-order valence-electron chi connectivity index (χ0n) is 15.6. The quantitative estimate of drug-likeness (QED) is 0.655. The highest BCUT2D eigenvalue weighted by Crippen LogP contribution is 2.32. The molecule has 3 N–H and O–H groups in total. The number of rotatable bonds is 7. The van der Waals surface area contributed by atoms with E-state index in [1.807, 2.05) is 4.90 Å². The van der Waals surface area contributed by atoms with Crippen LogP contribution in [-0.2, 0) is 14.4 Å². The number of benzene rings is 1. The smallest absolute Gasteiger partial charge is 0.305 e. The fraction of sp³-hybridized carbons (Fsp3) is 0.500. The number of nitrogens with one attached hydrogen (secondary N) is 2. The maximum absolute atomic E-state index is 12.6. The molecule has 8 heteroatoms. The van der Waals surface area contributed by atoms with Crippen LogP contribution < -0.4 is 10.6 Å². The highest BCUT2D eigenvalue weighted by Gasteiger charge is 2.36. The number of likely N-dealkylation sites (tertiary alicyclic amines) is 1. The summed E-state index contributed by atoms with van der Waals surface area (Å²) >= 11 is 0. The molecule has 0 aromatic heterocycles. The van der Waals surface area contributed by atoms with Crippen molar-refractivity contribution in [1.29, 1.82) is 0 Å². The number of carboxylic acid groups (broad SMARTS) is 1. The lowest BCUT2D eigenvalue weighted by Gasteiger charge is -2.32. The maximum atomic E-state index is 12.6. The van der Waals surface area contributed by atoms with E-state index in [0.717, 1.165) is 32.2 Å². The highest BCUT2D eigenvalue weighted by molar-refractivity contribution is 5.96. The van der Waals surface area contributed by atoms with Crippen LogP contribution in [0.2, 0.25) is 0 Å². The van der Waals surface area contributed by atoms with Crippen molar-refractivity contribution in [3.63, 3.8) is 0 Å². The fourth-order valence-corrected chi connectivity index (χ4v) is 3.31. The molecule has 1 saturated heterocycles. The monoisotopic (exact) mass is 387 g/mol. The van der Waals surface area contributed by atoms with Gasteiger partial charge in [-0.15, -0.1) is 0 Å². The molecular formula is C20H25N3O5. The average Bonchev–Trinajstić information content (AvgIpc) is 3.53. The molecule has 8 nitrogen and oxygen atoms in total. The van der Waals surface area contributed by atoms with Gasteiger partial charge in [-0.05, 0) is 49.9 Å². The molecule has 0 spiro atoms. The minimum absolute atomic E-state index is 0.0599. The lowest BCUT2D eigenvalue weighted by molar-refractivity contribution is -0.137. The minimum Gasteiger partial charge on any atom is -0.481 e. The molecule has 28 heavy (non-hydrogen) atoms. The number of aliphatic carboxylic acids is 1. The third kappa shape index (κ3) is 5.31. The predicted molar refractivity (Wildman–Crippen MR) is 102 cm³/mol. The summed E-state index contributed by atoms with van der Waals surface area (Å²) in [6.07, 6.45) is 3.36. The molecule has 150 valence electrons. The van der Waals surface area contributed by atoms with Gasteiger partial charge in [-0.25, -0.2) is 0 Å². The van der Waals surface area contributed by atoms with Gasteiger partial charge in [-0.2, -0.15) is 0 Å². The largest absolute Gasteiger partial charge is 0.481 e. The zero-order chi connectivity index (χ0) is 20.1. The van der Waals surface area contributed by atoms with Crippen molar-refractivity contribution in [3.05, 3.63) is 29.8 Å². The Balaban J connectivity index is 1.50. The molecule has 1 unspecified atom stereocenters. The van der Waals surface area contributed by atoms with Crippen molar-refractivity contribution < 1.29 is 24.3 Å². The van der Waals surface area contributed by atoms with Crippen LogP contribution in [0.5, 0.6) is 0 Å². The van der Waals surface area contributed by atoms with Crippen molar-refractivity contribution in [2.75, 3.05) is 25.0 Å². The Bertz CT molecular complexity index is 758. The summed E-state index contributed by atoms with van der Waals surface area (Å²) in [5.41, 5.74) is 0.972. The maximum Gasteiger partial charge on any atom is 0.305 e. The summed E-state index contributed by atoms with van der Waals surface area (Å²) in [5, 5.41) is 14.0. The fourth-order valence-electron chi connectivity index (χ4n) is 3.31. The van der Waals surface area contributed by atoms with Crippen LogP contribution in [0.4, 0.5) is 5.69 Å². The number of hydrogen-bond acceptors (Lipinski definition) is 4. The molecule has 1 heterocycles. The molecule has 1 aromatic rings. The normalized spacial score (nSPS) is 19.0. The van der Waals surface area contributed by atoms with Crippen molar-refractivity contribution in [2.24, 2.45) is 11.8 Å². The number of hydrogen-bond donors (Lipinski definition) is 3. The van der Waals surface area contributed by atoms with Gasteiger partial charge in [0.2, 0.25) is 11.8 Å². The van der Waals surface area contributed by atoms with Gasteiger partial charge in [0.05, 0.1) is 12.3 Å². The van der Waals surface area contributed by atoms with Crippen LogP contribution in [-0.4, -0.2) is 53.3 Å². The first-order valence-corrected chi connectivity index (χ1v) is 9.63. The molecule has 1 atom stereocenters. The Morgan fingerprint density at radius 1 is 1.04 bits per heavy atom. The average molecular weight is 387 g/mol. The van der Waals surface area contributed by atoms with E-state index in [-0.39, 0.29) is 42.5 Å². The molecule has 2 aliphatic rings. The number of nitrogens with zero attached hydrogens (tertiary/aromatic N) is 1. The minimum atomic E-state index is -0.974. The van der Waals surface area contributed by atoms with Gasteiger partial charge in [0.1, 0.15) is 0 Å². The van der Waals surface area contributed by atoms with Gasteiger partial charge >= 0.3 is 5.97 Å². The molecule has 1 aliphatic heterocycles. The summed E-state index contributed by atoms with van der Waals surface area (Å²) in [6.45, 7) is 1.25. The molecular weight excluding hydrogens is 362 g/mol. The first-order valence-electron chi connectivity index (χ1n) is 9.63. The Labute approximate surface area is 163 Å². The Hall–Kier alpha value is -2.90. The van der Waals surface area contributed by atoms with E-state index in [2.05, 4.69) is 10.6 Å². The molecule has 3 rings (SSSR count). The summed E-state index contributed by atoms with van der Waals surface area (Å²) in [4.78, 5) is 49.0. The van der Waals surface area contributed by atoms with E-state index in [1.54, 1.807) is 24.3 Å². The van der Waals surface area contributed by atoms with E-state index < -0.39 is 5.97 Å². The predicted octanol–water partition coefficient (Wildman–Crippen LogP) is 1.48. The van der Waals surface area contributed by atoms with Crippen molar-refractivity contribution in [1.82, 2.24) is 10.2 Å². The number of carbonyl (C=O) groups excluding carboxylic acids is 3. The summed E-state index contributed by atoms with van der Waals surface area (Å²) < 4.78 is 0. The van der Waals surface area contributed by atoms with E-state index >= 15 is 0 Å². The lowest BCUT2D eigenvalue weighted by Crippen LogP contribution is -2.44. The molecule has 0 radical (unpaired) electrons.